The van der Waals surface area contributed by atoms with Crippen LogP contribution in [0.2, 0.25) is 0 Å². The van der Waals surface area contributed by atoms with E-state index in [9.17, 15) is 4.39 Å². The maximum absolute atomic E-state index is 13.0. The molecule has 15 heavy (non-hydrogen) atoms. The number of aryl methyl sites for hydroxylation is 1. The van der Waals surface area contributed by atoms with Crippen LogP contribution < -0.4 is 5.73 Å². The lowest BCUT2D eigenvalue weighted by molar-refractivity contribution is 0.628. The summed E-state index contributed by atoms with van der Waals surface area (Å²) in [5, 5.41) is 0. The fraction of sp³-hybridized carbons (Fsp3) is 0.167. The summed E-state index contributed by atoms with van der Waals surface area (Å²) in [5.74, 6) is -0.217. The van der Waals surface area contributed by atoms with Gasteiger partial charge in [-0.2, -0.15) is 0 Å². The molecule has 0 spiro atoms. The van der Waals surface area contributed by atoms with Crippen LogP contribution in [0.5, 0.6) is 0 Å². The van der Waals surface area contributed by atoms with Crippen molar-refractivity contribution in [2.75, 3.05) is 0 Å². The summed E-state index contributed by atoms with van der Waals surface area (Å²) in [6.45, 7) is 0.492. The van der Waals surface area contributed by atoms with Gasteiger partial charge in [0.05, 0.1) is 0 Å². The van der Waals surface area contributed by atoms with E-state index in [4.69, 9.17) is 5.73 Å². The Kier molecular flexibility index (Phi) is 2.56. The Labute approximate surface area is 88.1 Å². The number of benzene rings is 1. The Morgan fingerprint density at radius 2 is 2.07 bits per heavy atom. The summed E-state index contributed by atoms with van der Waals surface area (Å²) in [4.78, 5) is 0. The first kappa shape index (κ1) is 9.93. The van der Waals surface area contributed by atoms with Crippen molar-refractivity contribution in [3.63, 3.8) is 0 Å². The average Bonchev–Trinajstić information content (AvgIpc) is 2.60. The maximum atomic E-state index is 13.0. The standard InChI is InChI=1S/C12H13FN2/c1-15-8-10(6-12(15)7-14)9-3-2-4-11(13)5-9/h2-6,8H,7,14H2,1H3. The van der Waals surface area contributed by atoms with E-state index < -0.39 is 0 Å². The Morgan fingerprint density at radius 1 is 1.27 bits per heavy atom. The number of hydrogen-bond acceptors (Lipinski definition) is 1. The van der Waals surface area contributed by atoms with Gasteiger partial charge >= 0.3 is 0 Å². The molecule has 0 saturated heterocycles. The topological polar surface area (TPSA) is 30.9 Å². The number of nitrogens with two attached hydrogens (primary N) is 1. The zero-order chi connectivity index (χ0) is 10.8. The molecule has 2 aromatic rings. The molecule has 1 heterocycles. The highest BCUT2D eigenvalue weighted by molar-refractivity contribution is 5.63. The summed E-state index contributed by atoms with van der Waals surface area (Å²) >= 11 is 0. The van der Waals surface area contributed by atoms with Crippen molar-refractivity contribution in [2.24, 2.45) is 12.8 Å². The molecule has 0 atom stereocenters. The van der Waals surface area contributed by atoms with Gasteiger partial charge in [-0.1, -0.05) is 12.1 Å². The molecule has 2 N–H and O–H groups in total. The highest BCUT2D eigenvalue weighted by Crippen LogP contribution is 2.22. The van der Waals surface area contributed by atoms with E-state index in [0.717, 1.165) is 16.8 Å². The van der Waals surface area contributed by atoms with Gasteiger partial charge in [0.15, 0.2) is 0 Å². The molecule has 0 unspecified atom stereocenters. The lowest BCUT2D eigenvalue weighted by atomic mass is 10.1. The molecular formula is C12H13FN2. The van der Waals surface area contributed by atoms with Crippen molar-refractivity contribution in [1.29, 1.82) is 0 Å². The quantitative estimate of drug-likeness (QED) is 0.799. The molecule has 0 amide bonds. The van der Waals surface area contributed by atoms with Gasteiger partial charge in [-0.3, -0.25) is 0 Å². The number of halogens is 1. The Bertz CT molecular complexity index is 474. The Hall–Kier alpha value is -1.61. The zero-order valence-electron chi connectivity index (χ0n) is 8.57. The molecule has 0 radical (unpaired) electrons. The van der Waals surface area contributed by atoms with Crippen LogP contribution in [0.3, 0.4) is 0 Å². The third-order valence-electron chi connectivity index (χ3n) is 2.47. The smallest absolute Gasteiger partial charge is 0.123 e. The molecule has 78 valence electrons. The molecule has 1 aromatic heterocycles. The van der Waals surface area contributed by atoms with Gasteiger partial charge in [-0.05, 0) is 29.3 Å². The maximum Gasteiger partial charge on any atom is 0.123 e. The average molecular weight is 204 g/mol. The molecule has 0 saturated carbocycles. The first-order valence-corrected chi connectivity index (χ1v) is 4.82. The van der Waals surface area contributed by atoms with E-state index in [2.05, 4.69) is 0 Å². The van der Waals surface area contributed by atoms with Gasteiger partial charge in [-0.25, -0.2) is 4.39 Å². The number of aromatic nitrogens is 1. The minimum atomic E-state index is -0.217. The summed E-state index contributed by atoms with van der Waals surface area (Å²) in [6.07, 6.45) is 1.96. The molecule has 0 aliphatic heterocycles. The van der Waals surface area contributed by atoms with E-state index >= 15 is 0 Å². The van der Waals surface area contributed by atoms with Crippen LogP contribution in [-0.4, -0.2) is 4.57 Å². The Balaban J connectivity index is 2.45. The van der Waals surface area contributed by atoms with Gasteiger partial charge in [0, 0.05) is 25.5 Å². The van der Waals surface area contributed by atoms with E-state index in [1.54, 1.807) is 6.07 Å². The van der Waals surface area contributed by atoms with Gasteiger partial charge in [0.25, 0.3) is 0 Å². The molecule has 2 nitrogen and oxygen atoms in total. The van der Waals surface area contributed by atoms with E-state index in [1.165, 1.54) is 12.1 Å². The second-order valence-electron chi connectivity index (χ2n) is 3.55. The van der Waals surface area contributed by atoms with Crippen molar-refractivity contribution in [3.8, 4) is 11.1 Å². The summed E-state index contributed by atoms with van der Waals surface area (Å²) in [7, 11) is 1.94. The van der Waals surface area contributed by atoms with Gasteiger partial charge in [0.1, 0.15) is 5.82 Å². The predicted octanol–water partition coefficient (Wildman–Crippen LogP) is 2.29. The fourth-order valence-electron chi connectivity index (χ4n) is 1.64. The van der Waals surface area contributed by atoms with Gasteiger partial charge < -0.3 is 10.3 Å². The van der Waals surface area contributed by atoms with Gasteiger partial charge in [-0.15, -0.1) is 0 Å². The lowest BCUT2D eigenvalue weighted by Crippen LogP contribution is -2.01. The molecule has 1 aromatic carbocycles. The number of rotatable bonds is 2. The Morgan fingerprint density at radius 3 is 2.67 bits per heavy atom. The van der Waals surface area contributed by atoms with Crippen molar-refractivity contribution in [3.05, 3.63) is 48.0 Å². The molecule has 0 aliphatic carbocycles. The van der Waals surface area contributed by atoms with Crippen LogP contribution in [0.4, 0.5) is 4.39 Å². The predicted molar refractivity (Wildman–Crippen MR) is 58.7 cm³/mol. The SMILES string of the molecule is Cn1cc(-c2cccc(F)c2)cc1CN. The van der Waals surface area contributed by atoms with Crippen LogP contribution in [0.25, 0.3) is 11.1 Å². The minimum Gasteiger partial charge on any atom is -0.353 e. The first-order valence-electron chi connectivity index (χ1n) is 4.82. The van der Waals surface area contributed by atoms with Crippen LogP contribution in [-0.2, 0) is 13.6 Å². The molecule has 0 fully saturated rings. The van der Waals surface area contributed by atoms with Crippen LogP contribution >= 0.6 is 0 Å². The molecule has 3 heteroatoms. The van der Waals surface area contributed by atoms with E-state index in [1.807, 2.05) is 29.9 Å². The van der Waals surface area contributed by atoms with Crippen molar-refractivity contribution >= 4 is 0 Å². The molecule has 0 bridgehead atoms. The zero-order valence-corrected chi connectivity index (χ0v) is 8.57. The van der Waals surface area contributed by atoms with Crippen molar-refractivity contribution in [2.45, 2.75) is 6.54 Å². The second kappa shape index (κ2) is 3.87. The first-order chi connectivity index (χ1) is 7.20. The summed E-state index contributed by atoms with van der Waals surface area (Å²) in [5.41, 5.74) is 8.49. The monoisotopic (exact) mass is 204 g/mol. The normalized spacial score (nSPS) is 10.6. The highest BCUT2D eigenvalue weighted by Gasteiger charge is 2.04. The summed E-state index contributed by atoms with van der Waals surface area (Å²) < 4.78 is 15.0. The molecular weight excluding hydrogens is 191 g/mol. The largest absolute Gasteiger partial charge is 0.353 e. The third kappa shape index (κ3) is 1.92. The molecule has 2 rings (SSSR count). The third-order valence-corrected chi connectivity index (χ3v) is 2.47. The van der Waals surface area contributed by atoms with Crippen LogP contribution in [0, 0.1) is 5.82 Å². The van der Waals surface area contributed by atoms with Crippen molar-refractivity contribution in [1.82, 2.24) is 4.57 Å². The highest BCUT2D eigenvalue weighted by atomic mass is 19.1. The van der Waals surface area contributed by atoms with E-state index in [0.29, 0.717) is 6.54 Å². The lowest BCUT2D eigenvalue weighted by Gasteiger charge is -1.96. The van der Waals surface area contributed by atoms with E-state index in [-0.39, 0.29) is 5.82 Å². The molecule has 0 aliphatic rings. The van der Waals surface area contributed by atoms with Gasteiger partial charge in [0.2, 0.25) is 0 Å². The van der Waals surface area contributed by atoms with Crippen molar-refractivity contribution < 1.29 is 4.39 Å². The van der Waals surface area contributed by atoms with Crippen LogP contribution in [0.15, 0.2) is 36.5 Å². The van der Waals surface area contributed by atoms with Crippen LogP contribution in [0.1, 0.15) is 5.69 Å². The fourth-order valence-corrected chi connectivity index (χ4v) is 1.64. The summed E-state index contributed by atoms with van der Waals surface area (Å²) in [6, 6.07) is 8.54. The number of nitrogens with zero attached hydrogens (tertiary/aromatic N) is 1. The second-order valence-corrected chi connectivity index (χ2v) is 3.55. The minimum absolute atomic E-state index is 0.217. The number of hydrogen-bond donors (Lipinski definition) is 1.